The van der Waals surface area contributed by atoms with E-state index in [9.17, 15) is 14.7 Å². The van der Waals surface area contributed by atoms with Crippen molar-refractivity contribution >= 4 is 28.9 Å². The maximum absolute atomic E-state index is 12.8. The van der Waals surface area contributed by atoms with Crippen molar-refractivity contribution < 1.29 is 14.7 Å². The van der Waals surface area contributed by atoms with Crippen LogP contribution in [0.15, 0.2) is 83.8 Å². The van der Waals surface area contributed by atoms with Gasteiger partial charge in [-0.2, -0.15) is 11.3 Å². The molecule has 0 saturated carbocycles. The van der Waals surface area contributed by atoms with Gasteiger partial charge >= 0.3 is 5.97 Å². The number of carboxylic acid groups (broad SMARTS) is 1. The lowest BCUT2D eigenvalue weighted by atomic mass is 10.0. The van der Waals surface area contributed by atoms with Crippen molar-refractivity contribution in [2.45, 2.75) is 0 Å². The monoisotopic (exact) mass is 400 g/mol. The SMILES string of the molecule is O=C(Nc1cc(-c2ccsc2)ccc1C(=O)O)c1cncc(-c2ccccc2)c1. The molecule has 0 fully saturated rings. The average Bonchev–Trinajstić information content (AvgIpc) is 3.29. The molecule has 4 aromatic rings. The summed E-state index contributed by atoms with van der Waals surface area (Å²) in [5.41, 5.74) is 4.19. The Morgan fingerprint density at radius 1 is 0.862 bits per heavy atom. The summed E-state index contributed by atoms with van der Waals surface area (Å²) in [6.07, 6.45) is 3.15. The van der Waals surface area contributed by atoms with Gasteiger partial charge in [0.25, 0.3) is 5.91 Å². The highest BCUT2D eigenvalue weighted by Crippen LogP contribution is 2.28. The summed E-state index contributed by atoms with van der Waals surface area (Å²) in [6, 6.07) is 18.2. The van der Waals surface area contributed by atoms with Crippen molar-refractivity contribution in [1.82, 2.24) is 4.98 Å². The minimum absolute atomic E-state index is 0.0319. The number of amides is 1. The third-order valence-electron chi connectivity index (χ3n) is 4.46. The molecule has 2 aromatic heterocycles. The summed E-state index contributed by atoms with van der Waals surface area (Å²) in [5.74, 6) is -1.52. The van der Waals surface area contributed by atoms with Gasteiger partial charge in [-0.15, -0.1) is 0 Å². The van der Waals surface area contributed by atoms with Crippen molar-refractivity contribution in [3.8, 4) is 22.3 Å². The van der Waals surface area contributed by atoms with Gasteiger partial charge in [0.05, 0.1) is 16.8 Å². The van der Waals surface area contributed by atoms with Crippen LogP contribution >= 0.6 is 11.3 Å². The van der Waals surface area contributed by atoms with E-state index >= 15 is 0 Å². The molecule has 0 bridgehead atoms. The maximum Gasteiger partial charge on any atom is 0.337 e. The van der Waals surface area contributed by atoms with Crippen LogP contribution in [0.2, 0.25) is 0 Å². The Bertz CT molecular complexity index is 1170. The van der Waals surface area contributed by atoms with Gasteiger partial charge in [-0.25, -0.2) is 4.79 Å². The zero-order chi connectivity index (χ0) is 20.2. The lowest BCUT2D eigenvalue weighted by molar-refractivity contribution is 0.0698. The van der Waals surface area contributed by atoms with E-state index in [-0.39, 0.29) is 11.3 Å². The van der Waals surface area contributed by atoms with Crippen LogP contribution in [0.3, 0.4) is 0 Å². The molecular weight excluding hydrogens is 384 g/mol. The summed E-state index contributed by atoms with van der Waals surface area (Å²) in [7, 11) is 0. The summed E-state index contributed by atoms with van der Waals surface area (Å²) < 4.78 is 0. The Hall–Kier alpha value is -3.77. The van der Waals surface area contributed by atoms with Gasteiger partial charge in [0.1, 0.15) is 0 Å². The number of carboxylic acids is 1. The Balaban J connectivity index is 1.66. The summed E-state index contributed by atoms with van der Waals surface area (Å²) in [4.78, 5) is 28.6. The standard InChI is InChI=1S/C23H16N2O3S/c26-22(19-10-18(12-24-13-19)15-4-2-1-3-5-15)25-21-11-16(17-8-9-29-14-17)6-7-20(21)23(27)28/h1-14H,(H,25,26)(H,27,28). The fraction of sp³-hybridized carbons (Fsp3) is 0. The molecule has 29 heavy (non-hydrogen) atoms. The number of carbonyl (C=O) groups is 2. The summed E-state index contributed by atoms with van der Waals surface area (Å²) in [6.45, 7) is 0. The maximum atomic E-state index is 12.8. The minimum atomic E-state index is -1.10. The van der Waals surface area contributed by atoms with Crippen molar-refractivity contribution in [2.75, 3.05) is 5.32 Å². The van der Waals surface area contributed by atoms with Gasteiger partial charge in [0, 0.05) is 18.0 Å². The molecule has 1 amide bonds. The molecule has 0 spiro atoms. The van der Waals surface area contributed by atoms with E-state index in [4.69, 9.17) is 0 Å². The molecule has 5 nitrogen and oxygen atoms in total. The van der Waals surface area contributed by atoms with Crippen LogP contribution in [0.5, 0.6) is 0 Å². The number of aromatic carboxylic acids is 1. The first kappa shape index (κ1) is 18.6. The second kappa shape index (κ2) is 8.08. The highest BCUT2D eigenvalue weighted by molar-refractivity contribution is 7.08. The molecule has 0 aliphatic rings. The van der Waals surface area contributed by atoms with E-state index in [1.807, 2.05) is 47.2 Å². The highest BCUT2D eigenvalue weighted by atomic mass is 32.1. The number of rotatable bonds is 5. The number of nitrogens with one attached hydrogen (secondary N) is 1. The van der Waals surface area contributed by atoms with Crippen molar-refractivity contribution in [3.63, 3.8) is 0 Å². The molecule has 4 rings (SSSR count). The second-order valence-corrected chi connectivity index (χ2v) is 7.14. The minimum Gasteiger partial charge on any atom is -0.478 e. The van der Waals surface area contributed by atoms with Crippen LogP contribution in [0, 0.1) is 0 Å². The molecule has 0 radical (unpaired) electrons. The van der Waals surface area contributed by atoms with Crippen LogP contribution in [0.25, 0.3) is 22.3 Å². The summed E-state index contributed by atoms with van der Waals surface area (Å²) >= 11 is 1.55. The van der Waals surface area contributed by atoms with Gasteiger partial charge in [0.2, 0.25) is 0 Å². The molecule has 0 unspecified atom stereocenters. The highest BCUT2D eigenvalue weighted by Gasteiger charge is 2.16. The number of benzene rings is 2. The first-order valence-electron chi connectivity index (χ1n) is 8.83. The number of hydrogen-bond acceptors (Lipinski definition) is 4. The molecule has 0 saturated heterocycles. The molecular formula is C23H16N2O3S. The van der Waals surface area contributed by atoms with Gasteiger partial charge < -0.3 is 10.4 Å². The number of nitrogens with zero attached hydrogens (tertiary/aromatic N) is 1. The molecule has 0 atom stereocenters. The Morgan fingerprint density at radius 3 is 2.41 bits per heavy atom. The van der Waals surface area contributed by atoms with Crippen LogP contribution in [-0.2, 0) is 0 Å². The Morgan fingerprint density at radius 2 is 1.69 bits per heavy atom. The molecule has 2 heterocycles. The topological polar surface area (TPSA) is 79.3 Å². The number of carbonyl (C=O) groups excluding carboxylic acids is 1. The molecule has 2 N–H and O–H groups in total. The molecule has 6 heteroatoms. The Labute approximate surface area is 171 Å². The number of hydrogen-bond donors (Lipinski definition) is 2. The van der Waals surface area contributed by atoms with Gasteiger partial charge in [-0.3, -0.25) is 9.78 Å². The van der Waals surface area contributed by atoms with E-state index in [0.29, 0.717) is 5.56 Å². The van der Waals surface area contributed by atoms with Gasteiger partial charge in [-0.1, -0.05) is 36.4 Å². The largest absolute Gasteiger partial charge is 0.478 e. The van der Waals surface area contributed by atoms with Crippen molar-refractivity contribution in [3.05, 3.63) is 94.9 Å². The molecule has 2 aromatic carbocycles. The summed E-state index contributed by atoms with van der Waals surface area (Å²) in [5, 5.41) is 16.1. The quantitative estimate of drug-likeness (QED) is 0.468. The van der Waals surface area contributed by atoms with Crippen molar-refractivity contribution in [2.24, 2.45) is 0 Å². The zero-order valence-corrected chi connectivity index (χ0v) is 16.0. The predicted octanol–water partition coefficient (Wildman–Crippen LogP) is 5.43. The molecule has 142 valence electrons. The van der Waals surface area contributed by atoms with Gasteiger partial charge in [0.15, 0.2) is 0 Å². The second-order valence-electron chi connectivity index (χ2n) is 6.36. The first-order valence-corrected chi connectivity index (χ1v) is 9.78. The van der Waals surface area contributed by atoms with Crippen molar-refractivity contribution in [1.29, 1.82) is 0 Å². The fourth-order valence-corrected chi connectivity index (χ4v) is 3.65. The predicted molar refractivity (Wildman–Crippen MR) is 114 cm³/mol. The number of anilines is 1. The van der Waals surface area contributed by atoms with E-state index in [2.05, 4.69) is 10.3 Å². The number of pyridine rings is 1. The first-order chi connectivity index (χ1) is 14.1. The van der Waals surface area contributed by atoms with Crippen LogP contribution in [0.4, 0.5) is 5.69 Å². The van der Waals surface area contributed by atoms with E-state index in [1.165, 1.54) is 12.3 Å². The van der Waals surface area contributed by atoms with E-state index in [1.54, 1.807) is 35.7 Å². The third-order valence-corrected chi connectivity index (χ3v) is 5.14. The third kappa shape index (κ3) is 4.07. The molecule has 0 aliphatic carbocycles. The van der Waals surface area contributed by atoms with Crippen LogP contribution < -0.4 is 5.32 Å². The lowest BCUT2D eigenvalue weighted by Gasteiger charge is -2.11. The van der Waals surface area contributed by atoms with E-state index < -0.39 is 11.9 Å². The Kier molecular flexibility index (Phi) is 5.18. The van der Waals surface area contributed by atoms with E-state index in [0.717, 1.165) is 22.3 Å². The lowest BCUT2D eigenvalue weighted by Crippen LogP contribution is -2.15. The van der Waals surface area contributed by atoms with Gasteiger partial charge in [-0.05, 0) is 51.7 Å². The zero-order valence-electron chi connectivity index (χ0n) is 15.2. The van der Waals surface area contributed by atoms with Crippen LogP contribution in [-0.4, -0.2) is 22.0 Å². The number of aromatic nitrogens is 1. The normalized spacial score (nSPS) is 10.5. The smallest absolute Gasteiger partial charge is 0.337 e. The fourth-order valence-electron chi connectivity index (χ4n) is 2.99. The van der Waals surface area contributed by atoms with Crippen LogP contribution in [0.1, 0.15) is 20.7 Å². The average molecular weight is 400 g/mol. The molecule has 0 aliphatic heterocycles. The number of thiophene rings is 1.